The number of phenols is 2. The summed E-state index contributed by atoms with van der Waals surface area (Å²) >= 11 is 0. The number of carboxylic acids is 1. The lowest BCUT2D eigenvalue weighted by molar-refractivity contribution is -0.272. The number of fused-ring (bicyclic) bond motifs is 2. The van der Waals surface area contributed by atoms with Gasteiger partial charge in [0.2, 0.25) is 24.1 Å². The van der Waals surface area contributed by atoms with Gasteiger partial charge in [-0.2, -0.15) is 0 Å². The zero-order chi connectivity index (χ0) is 48.4. The van der Waals surface area contributed by atoms with E-state index in [0.29, 0.717) is 11.1 Å². The first kappa shape index (κ1) is 47.7. The maximum atomic E-state index is 12.8. The SMILES string of the molecule is COC(=O)C1OC(Oc2cc3oc(-c4ccccc4)cc(=O)c3c(O)c2OC)C(O)C(O)C1O.COc1c(OC2OC(C(=O)O)C(O)C(O)C2O)cc2oc(-c3ccccc3)cc(=O)c2c1O. The fourth-order valence-electron chi connectivity index (χ4n) is 7.24. The van der Waals surface area contributed by atoms with Crippen LogP contribution in [0.2, 0.25) is 0 Å². The fraction of sp³-hybridized carbons (Fsp3) is 0.289. The smallest absolute Gasteiger partial charge is 0.337 e. The number of carboxylic acid groups (broad SMARTS) is 1. The van der Waals surface area contributed by atoms with Gasteiger partial charge in [-0.3, -0.25) is 9.59 Å². The summed E-state index contributed by atoms with van der Waals surface area (Å²) in [5.74, 6) is -4.44. The molecule has 4 heterocycles. The summed E-state index contributed by atoms with van der Waals surface area (Å²) in [7, 11) is 3.45. The van der Waals surface area contributed by atoms with Gasteiger partial charge in [0.25, 0.3) is 0 Å². The Morgan fingerprint density at radius 3 is 1.30 bits per heavy atom. The first-order chi connectivity index (χ1) is 32.0. The monoisotopic (exact) mass is 934 g/mol. The van der Waals surface area contributed by atoms with Gasteiger partial charge in [0.05, 0.1) is 21.3 Å². The maximum Gasteiger partial charge on any atom is 0.337 e. The standard InChI is InChI=1S/C23H22O11.C22H20O11/c1-30-20-14(33-23-19(28)17(26)18(27)21(34-23)22(29)31-2)9-13-15(16(20)25)11(24)8-12(32-13)10-6-4-3-5-7-10;1-30-19-13(32-22-18(27)16(25)17(26)20(33-22)21(28)29)8-12-14(15(19)24)10(23)7-11(31-12)9-5-3-2-4-6-9/h3-9,17-19,21,23,25-28H,1-2H3;2-8,16-18,20,22,24-27H,1H3,(H,28,29). The number of rotatable bonds is 10. The molecule has 0 aliphatic carbocycles. The summed E-state index contributed by atoms with van der Waals surface area (Å²) in [4.78, 5) is 48.7. The van der Waals surface area contributed by atoms with Crippen molar-refractivity contribution in [3.63, 3.8) is 0 Å². The minimum Gasteiger partial charge on any atom is -0.504 e. The van der Waals surface area contributed by atoms with Crippen LogP contribution in [0, 0.1) is 0 Å². The van der Waals surface area contributed by atoms with Crippen LogP contribution in [0.25, 0.3) is 44.6 Å². The van der Waals surface area contributed by atoms with E-state index in [1.165, 1.54) is 38.5 Å². The van der Waals surface area contributed by atoms with Crippen LogP contribution in [0.1, 0.15) is 0 Å². The molecule has 4 aromatic carbocycles. The normalized spacial score (nSPS) is 24.8. The van der Waals surface area contributed by atoms with Gasteiger partial charge in [0.15, 0.2) is 46.1 Å². The molecule has 2 aliphatic rings. The Hall–Kier alpha value is -7.28. The number of aromatic hydroxyl groups is 2. The van der Waals surface area contributed by atoms with E-state index in [1.807, 2.05) is 0 Å². The van der Waals surface area contributed by atoms with E-state index in [1.54, 1.807) is 60.7 Å². The number of carbonyl (C=O) groups is 2. The molecule has 9 N–H and O–H groups in total. The van der Waals surface area contributed by atoms with E-state index in [4.69, 9.17) is 37.3 Å². The zero-order valence-corrected chi connectivity index (χ0v) is 35.2. The maximum absolute atomic E-state index is 12.8. The summed E-state index contributed by atoms with van der Waals surface area (Å²) < 4.78 is 48.0. The van der Waals surface area contributed by atoms with Gasteiger partial charge in [-0.1, -0.05) is 60.7 Å². The Balaban J connectivity index is 0.000000199. The molecule has 22 heteroatoms. The number of aliphatic carboxylic acids is 1. The Morgan fingerprint density at radius 1 is 0.537 bits per heavy atom. The van der Waals surface area contributed by atoms with Gasteiger partial charge < -0.3 is 88.0 Å². The van der Waals surface area contributed by atoms with Crippen molar-refractivity contribution in [2.45, 2.75) is 61.4 Å². The highest BCUT2D eigenvalue weighted by atomic mass is 16.7. The van der Waals surface area contributed by atoms with E-state index < -0.39 is 95.7 Å². The third-order valence-electron chi connectivity index (χ3n) is 10.7. The van der Waals surface area contributed by atoms with Gasteiger partial charge >= 0.3 is 11.9 Å². The molecule has 0 spiro atoms. The second kappa shape index (κ2) is 19.7. The topological polar surface area (TPSA) is 341 Å². The molecule has 8 rings (SSSR count). The van der Waals surface area contributed by atoms with Crippen molar-refractivity contribution in [3.05, 3.63) is 105 Å². The zero-order valence-electron chi connectivity index (χ0n) is 35.2. The van der Waals surface area contributed by atoms with Crippen molar-refractivity contribution >= 4 is 33.9 Å². The molecule has 10 atom stereocenters. The number of ether oxygens (including phenoxy) is 7. The molecule has 0 saturated carbocycles. The van der Waals surface area contributed by atoms with E-state index in [2.05, 4.69) is 4.74 Å². The Morgan fingerprint density at radius 2 is 0.925 bits per heavy atom. The molecule has 67 heavy (non-hydrogen) atoms. The van der Waals surface area contributed by atoms with Gasteiger partial charge in [0.1, 0.15) is 70.1 Å². The highest BCUT2D eigenvalue weighted by Gasteiger charge is 2.50. The van der Waals surface area contributed by atoms with Crippen LogP contribution in [0.5, 0.6) is 34.5 Å². The van der Waals surface area contributed by atoms with Crippen LogP contribution in [0.3, 0.4) is 0 Å². The summed E-state index contributed by atoms with van der Waals surface area (Å²) in [6.45, 7) is 0. The van der Waals surface area contributed by atoms with Crippen molar-refractivity contribution in [1.29, 1.82) is 0 Å². The molecular weight excluding hydrogens is 892 g/mol. The van der Waals surface area contributed by atoms with Crippen molar-refractivity contribution in [2.24, 2.45) is 0 Å². The fourth-order valence-corrected chi connectivity index (χ4v) is 7.24. The second-order valence-corrected chi connectivity index (χ2v) is 14.8. The summed E-state index contributed by atoms with van der Waals surface area (Å²) in [6, 6.07) is 22.4. The van der Waals surface area contributed by atoms with Crippen LogP contribution in [-0.4, -0.2) is 141 Å². The van der Waals surface area contributed by atoms with E-state index in [0.717, 1.165) is 7.11 Å². The minimum atomic E-state index is -1.91. The van der Waals surface area contributed by atoms with Crippen LogP contribution in [0.4, 0.5) is 0 Å². The average molecular weight is 935 g/mol. The molecule has 0 amide bonds. The number of carbonyl (C=O) groups excluding carboxylic acids is 1. The summed E-state index contributed by atoms with van der Waals surface area (Å²) in [5.41, 5.74) is -0.0352. The second-order valence-electron chi connectivity index (χ2n) is 14.8. The van der Waals surface area contributed by atoms with Crippen LogP contribution >= 0.6 is 0 Å². The summed E-state index contributed by atoms with van der Waals surface area (Å²) in [5, 5.41) is 90.8. The summed E-state index contributed by atoms with van der Waals surface area (Å²) in [6.07, 6.45) is -18.0. The Labute approximate surface area is 376 Å². The van der Waals surface area contributed by atoms with Crippen LogP contribution in [0.15, 0.2) is 103 Å². The van der Waals surface area contributed by atoms with Gasteiger partial charge in [-0.05, 0) is 0 Å². The number of aliphatic hydroxyl groups is 6. The van der Waals surface area contributed by atoms with Crippen molar-refractivity contribution in [3.8, 4) is 57.1 Å². The Kier molecular flexibility index (Phi) is 14.0. The predicted octanol–water partition coefficient (Wildman–Crippen LogP) is 0.979. The molecule has 0 bridgehead atoms. The van der Waals surface area contributed by atoms with Crippen LogP contribution in [-0.2, 0) is 23.8 Å². The van der Waals surface area contributed by atoms with E-state index in [9.17, 15) is 65.1 Å². The number of esters is 1. The third-order valence-corrected chi connectivity index (χ3v) is 10.7. The molecule has 10 unspecified atom stereocenters. The predicted molar refractivity (Wildman–Crippen MR) is 227 cm³/mol. The van der Waals surface area contributed by atoms with Gasteiger partial charge in [-0.15, -0.1) is 0 Å². The van der Waals surface area contributed by atoms with E-state index >= 15 is 0 Å². The minimum absolute atomic E-state index is 0.0601. The highest BCUT2D eigenvalue weighted by Crippen LogP contribution is 2.45. The molecule has 0 radical (unpaired) electrons. The lowest BCUT2D eigenvalue weighted by Crippen LogP contribution is -2.61. The number of methoxy groups -OCH3 is 3. The van der Waals surface area contributed by atoms with Gasteiger partial charge in [0, 0.05) is 35.4 Å². The number of benzene rings is 4. The molecule has 6 aromatic rings. The molecule has 2 fully saturated rings. The quantitative estimate of drug-likeness (QED) is 0.0864. The molecule has 2 aromatic heterocycles. The first-order valence-corrected chi connectivity index (χ1v) is 19.9. The molecule has 354 valence electrons. The Bertz CT molecular complexity index is 2880. The lowest BCUT2D eigenvalue weighted by atomic mass is 9.99. The van der Waals surface area contributed by atoms with Crippen molar-refractivity contribution in [2.75, 3.05) is 21.3 Å². The average Bonchev–Trinajstić information content (AvgIpc) is 3.32. The number of aliphatic hydroxyl groups excluding tert-OH is 6. The molecule has 22 nitrogen and oxygen atoms in total. The van der Waals surface area contributed by atoms with Crippen molar-refractivity contribution < 1.29 is 97.5 Å². The van der Waals surface area contributed by atoms with Gasteiger partial charge in [-0.25, -0.2) is 9.59 Å². The number of hydrogen-bond donors (Lipinski definition) is 9. The van der Waals surface area contributed by atoms with Crippen LogP contribution < -0.4 is 29.8 Å². The largest absolute Gasteiger partial charge is 0.504 e. The third kappa shape index (κ3) is 9.27. The van der Waals surface area contributed by atoms with E-state index in [-0.39, 0.29) is 56.5 Å². The molecule has 2 saturated heterocycles. The van der Waals surface area contributed by atoms with Crippen molar-refractivity contribution in [1.82, 2.24) is 0 Å². The lowest BCUT2D eigenvalue weighted by Gasteiger charge is -2.38. The number of hydrogen-bond acceptors (Lipinski definition) is 21. The highest BCUT2D eigenvalue weighted by molar-refractivity contribution is 5.90. The number of phenolic OH excluding ortho intramolecular Hbond substituents is 2. The molecule has 2 aliphatic heterocycles. The first-order valence-electron chi connectivity index (χ1n) is 19.9. The molecular formula is C45H42O22.